The number of nitrogens with one attached hydrogen (secondary N) is 1. The van der Waals surface area contributed by atoms with Gasteiger partial charge in [0, 0.05) is 37.1 Å². The number of aromatic nitrogens is 5. The fraction of sp³-hybridized carbons (Fsp3) is 0.550. The molecule has 0 bridgehead atoms. The van der Waals surface area contributed by atoms with Crippen molar-refractivity contribution in [3.63, 3.8) is 0 Å². The molecule has 27 heavy (non-hydrogen) atoms. The maximum absolute atomic E-state index is 5.92. The Balaban J connectivity index is 1.76. The highest BCUT2D eigenvalue weighted by Gasteiger charge is 2.29. The van der Waals surface area contributed by atoms with Gasteiger partial charge in [-0.3, -0.25) is 9.78 Å². The van der Waals surface area contributed by atoms with Gasteiger partial charge in [0.15, 0.2) is 0 Å². The highest BCUT2D eigenvalue weighted by molar-refractivity contribution is 6.00. The molecule has 4 rings (SSSR count). The minimum absolute atomic E-state index is 0.258. The van der Waals surface area contributed by atoms with E-state index in [1.54, 1.807) is 0 Å². The van der Waals surface area contributed by atoms with Crippen molar-refractivity contribution in [3.05, 3.63) is 24.7 Å². The lowest BCUT2D eigenvalue weighted by Gasteiger charge is -2.38. The van der Waals surface area contributed by atoms with E-state index in [9.17, 15) is 0 Å². The number of ether oxygens (including phenoxy) is 1. The van der Waals surface area contributed by atoms with Crippen LogP contribution in [0, 0.1) is 0 Å². The summed E-state index contributed by atoms with van der Waals surface area (Å²) < 4.78 is 7.87. The third-order valence-corrected chi connectivity index (χ3v) is 5.41. The minimum Gasteiger partial charge on any atom is -0.375 e. The summed E-state index contributed by atoms with van der Waals surface area (Å²) in [5.74, 6) is 0.958. The van der Waals surface area contributed by atoms with Crippen molar-refractivity contribution >= 4 is 16.7 Å². The van der Waals surface area contributed by atoms with Gasteiger partial charge in [-0.1, -0.05) is 0 Å². The van der Waals surface area contributed by atoms with Gasteiger partial charge in [-0.15, -0.1) is 0 Å². The summed E-state index contributed by atoms with van der Waals surface area (Å²) in [6.07, 6.45) is 8.29. The highest BCUT2D eigenvalue weighted by atomic mass is 16.5. The molecule has 1 saturated heterocycles. The summed E-state index contributed by atoms with van der Waals surface area (Å²) in [4.78, 5) is 7.03. The van der Waals surface area contributed by atoms with Crippen LogP contribution in [0.15, 0.2) is 24.7 Å². The quantitative estimate of drug-likeness (QED) is 0.758. The SMILES string of the molecule is CC(C)n1cc(-c2n[nH]c3ccnc(N(C)C4C[C@@H](C)O[C@@H](C)C4)c23)cn1. The number of fused-ring (bicyclic) bond motifs is 1. The lowest BCUT2D eigenvalue weighted by Crippen LogP contribution is -2.42. The summed E-state index contributed by atoms with van der Waals surface area (Å²) >= 11 is 0. The molecule has 7 nitrogen and oxygen atoms in total. The molecule has 1 aliphatic heterocycles. The lowest BCUT2D eigenvalue weighted by molar-refractivity contribution is -0.0372. The van der Waals surface area contributed by atoms with Gasteiger partial charge in [0.25, 0.3) is 0 Å². The Morgan fingerprint density at radius 3 is 2.67 bits per heavy atom. The zero-order valence-corrected chi connectivity index (χ0v) is 16.7. The van der Waals surface area contributed by atoms with Crippen LogP contribution in [0.5, 0.6) is 0 Å². The standard InChI is InChI=1S/C20H28N6O/c1-12(2)26-11-15(10-22-26)19-18-17(23-24-19)6-7-21-20(18)25(5)16-8-13(3)27-14(4)9-16/h6-7,10-14,16H,8-9H2,1-5H3,(H,23,24)/t13-,14+,16?. The Kier molecular flexibility index (Phi) is 4.63. The molecule has 0 spiro atoms. The molecule has 0 amide bonds. The van der Waals surface area contributed by atoms with Crippen molar-refractivity contribution in [2.45, 2.75) is 64.8 Å². The molecule has 1 unspecified atom stereocenters. The minimum atomic E-state index is 0.258. The fourth-order valence-corrected chi connectivity index (χ4v) is 4.03. The van der Waals surface area contributed by atoms with E-state index in [2.05, 4.69) is 61.1 Å². The molecule has 3 atom stereocenters. The van der Waals surface area contributed by atoms with Crippen LogP contribution >= 0.6 is 0 Å². The first-order valence-electron chi connectivity index (χ1n) is 9.70. The van der Waals surface area contributed by atoms with E-state index < -0.39 is 0 Å². The molecule has 1 aliphatic rings. The van der Waals surface area contributed by atoms with Gasteiger partial charge in [-0.05, 0) is 46.6 Å². The molecule has 4 heterocycles. The van der Waals surface area contributed by atoms with Gasteiger partial charge in [0.1, 0.15) is 11.5 Å². The third-order valence-electron chi connectivity index (χ3n) is 5.41. The first-order valence-corrected chi connectivity index (χ1v) is 9.70. The summed E-state index contributed by atoms with van der Waals surface area (Å²) in [7, 11) is 2.13. The van der Waals surface area contributed by atoms with E-state index in [1.807, 2.05) is 23.1 Å². The Morgan fingerprint density at radius 1 is 1.26 bits per heavy atom. The highest BCUT2D eigenvalue weighted by Crippen LogP contribution is 2.35. The van der Waals surface area contributed by atoms with Crippen molar-refractivity contribution in [1.29, 1.82) is 0 Å². The van der Waals surface area contributed by atoms with Crippen LogP contribution in [0.4, 0.5) is 5.82 Å². The van der Waals surface area contributed by atoms with Crippen molar-refractivity contribution in [2.24, 2.45) is 0 Å². The van der Waals surface area contributed by atoms with Gasteiger partial charge >= 0.3 is 0 Å². The average Bonchev–Trinajstić information content (AvgIpc) is 3.26. The van der Waals surface area contributed by atoms with E-state index in [1.165, 1.54) is 0 Å². The van der Waals surface area contributed by atoms with Crippen molar-refractivity contribution in [3.8, 4) is 11.3 Å². The fourth-order valence-electron chi connectivity index (χ4n) is 4.03. The third kappa shape index (κ3) is 3.32. The largest absolute Gasteiger partial charge is 0.375 e. The molecule has 7 heteroatoms. The molecule has 144 valence electrons. The molecule has 0 radical (unpaired) electrons. The first kappa shape index (κ1) is 18.0. The van der Waals surface area contributed by atoms with Crippen molar-refractivity contribution in [2.75, 3.05) is 11.9 Å². The van der Waals surface area contributed by atoms with Crippen LogP contribution in [0.2, 0.25) is 0 Å². The molecule has 1 fully saturated rings. The number of nitrogens with zero attached hydrogens (tertiary/aromatic N) is 5. The van der Waals surface area contributed by atoms with Gasteiger partial charge in [-0.2, -0.15) is 10.2 Å². The molecule has 0 aromatic carbocycles. The number of hydrogen-bond acceptors (Lipinski definition) is 5. The van der Waals surface area contributed by atoms with E-state index >= 15 is 0 Å². The van der Waals surface area contributed by atoms with Crippen LogP contribution in [0.3, 0.4) is 0 Å². The molecule has 0 aliphatic carbocycles. The smallest absolute Gasteiger partial charge is 0.140 e. The van der Waals surface area contributed by atoms with Crippen molar-refractivity contribution in [1.82, 2.24) is 25.0 Å². The maximum Gasteiger partial charge on any atom is 0.140 e. The van der Waals surface area contributed by atoms with Crippen LogP contribution in [-0.2, 0) is 4.74 Å². The van der Waals surface area contributed by atoms with Crippen molar-refractivity contribution < 1.29 is 4.74 Å². The zero-order chi connectivity index (χ0) is 19.1. The first-order chi connectivity index (χ1) is 12.9. The maximum atomic E-state index is 5.92. The lowest BCUT2D eigenvalue weighted by atomic mass is 9.98. The van der Waals surface area contributed by atoms with Gasteiger partial charge in [-0.25, -0.2) is 4.98 Å². The Morgan fingerprint density at radius 2 is 2.00 bits per heavy atom. The van der Waals surface area contributed by atoms with E-state index in [4.69, 9.17) is 9.72 Å². The molecular formula is C20H28N6O. The Labute approximate surface area is 159 Å². The molecule has 0 saturated carbocycles. The second-order valence-corrected chi connectivity index (χ2v) is 7.93. The Bertz CT molecular complexity index is 920. The second-order valence-electron chi connectivity index (χ2n) is 7.93. The number of H-pyrrole nitrogens is 1. The van der Waals surface area contributed by atoms with Gasteiger partial charge in [0.05, 0.1) is 29.3 Å². The number of aromatic amines is 1. The topological polar surface area (TPSA) is 71.9 Å². The zero-order valence-electron chi connectivity index (χ0n) is 16.7. The monoisotopic (exact) mass is 368 g/mol. The number of anilines is 1. The summed E-state index contributed by atoms with van der Waals surface area (Å²) in [5, 5.41) is 13.3. The van der Waals surface area contributed by atoms with E-state index in [-0.39, 0.29) is 12.2 Å². The van der Waals surface area contributed by atoms with Crippen LogP contribution in [0.25, 0.3) is 22.2 Å². The summed E-state index contributed by atoms with van der Waals surface area (Å²) in [5.41, 5.74) is 2.90. The predicted molar refractivity (Wildman–Crippen MR) is 107 cm³/mol. The molecule has 3 aromatic rings. The van der Waals surface area contributed by atoms with Crippen LogP contribution < -0.4 is 4.90 Å². The normalized spacial score (nSPS) is 23.3. The molecular weight excluding hydrogens is 340 g/mol. The summed E-state index contributed by atoms with van der Waals surface area (Å²) in [6, 6.07) is 2.68. The van der Waals surface area contributed by atoms with E-state index in [0.29, 0.717) is 12.1 Å². The number of pyridine rings is 1. The summed E-state index contributed by atoms with van der Waals surface area (Å²) in [6.45, 7) is 8.53. The second kappa shape index (κ2) is 6.96. The van der Waals surface area contributed by atoms with Gasteiger partial charge < -0.3 is 9.64 Å². The van der Waals surface area contributed by atoms with E-state index in [0.717, 1.165) is 40.8 Å². The average molecular weight is 368 g/mol. The number of rotatable bonds is 4. The number of hydrogen-bond donors (Lipinski definition) is 1. The molecule has 1 N–H and O–H groups in total. The van der Waals surface area contributed by atoms with Crippen LogP contribution in [-0.4, -0.2) is 50.3 Å². The predicted octanol–water partition coefficient (Wildman–Crippen LogP) is 3.79. The Hall–Kier alpha value is -2.41. The molecule has 3 aromatic heterocycles. The van der Waals surface area contributed by atoms with Crippen LogP contribution in [0.1, 0.15) is 46.6 Å². The van der Waals surface area contributed by atoms with Gasteiger partial charge in [0.2, 0.25) is 0 Å².